The molecule has 0 radical (unpaired) electrons. The highest BCUT2D eigenvalue weighted by atomic mass is 35.5. The molecule has 1 aromatic heterocycles. The first kappa shape index (κ1) is 21.1. The number of aromatic nitrogens is 2. The summed E-state index contributed by atoms with van der Waals surface area (Å²) in [4.78, 5) is 28.0. The molecule has 154 valence electrons. The summed E-state index contributed by atoms with van der Waals surface area (Å²) in [6.45, 7) is 7.17. The molecular weight excluding hydrogens is 430 g/mol. The van der Waals surface area contributed by atoms with Crippen molar-refractivity contribution >= 4 is 17.3 Å². The summed E-state index contributed by atoms with van der Waals surface area (Å²) >= 11 is 5.58. The Balaban J connectivity index is 2.29. The van der Waals surface area contributed by atoms with Gasteiger partial charge in [-0.3, -0.25) is 9.36 Å². The zero-order valence-electron chi connectivity index (χ0n) is 15.0. The van der Waals surface area contributed by atoms with Crippen molar-refractivity contribution < 1.29 is 22.3 Å². The molecule has 0 atom stereocenters. The molecule has 11 heteroatoms. The molecule has 0 bridgehead atoms. The fraction of sp³-hybridized carbons (Fsp3) is 0.105. The Hall–Kier alpha value is -3.58. The van der Waals surface area contributed by atoms with Crippen LogP contribution >= 0.6 is 11.6 Å². The molecule has 0 aliphatic rings. The van der Waals surface area contributed by atoms with Gasteiger partial charge in [0.15, 0.2) is 5.69 Å². The van der Waals surface area contributed by atoms with Crippen LogP contribution in [-0.4, -0.2) is 9.13 Å². The Kier molecular flexibility index (Phi) is 5.41. The molecule has 0 aliphatic heterocycles. The molecule has 0 fully saturated rings. The minimum atomic E-state index is -5.09. The Morgan fingerprint density at radius 2 is 1.77 bits per heavy atom. The van der Waals surface area contributed by atoms with Gasteiger partial charge in [0.2, 0.25) is 5.69 Å². The highest BCUT2D eigenvalue weighted by Crippen LogP contribution is 2.36. The van der Waals surface area contributed by atoms with E-state index in [1.54, 1.807) is 18.2 Å². The molecule has 6 nitrogen and oxygen atoms in total. The second kappa shape index (κ2) is 7.68. The van der Waals surface area contributed by atoms with Crippen LogP contribution in [0, 0.1) is 12.4 Å². The number of para-hydroxylation sites is 1. The average molecular weight is 440 g/mol. The predicted octanol–water partition coefficient (Wildman–Crippen LogP) is 4.69. The van der Waals surface area contributed by atoms with E-state index in [4.69, 9.17) is 22.9 Å². The first-order chi connectivity index (χ1) is 14.1. The van der Waals surface area contributed by atoms with Crippen LogP contribution in [0.25, 0.3) is 10.5 Å². The van der Waals surface area contributed by atoms with Crippen molar-refractivity contribution in [2.24, 2.45) is 7.05 Å². The van der Waals surface area contributed by atoms with Crippen LogP contribution in [0.1, 0.15) is 5.69 Å². The molecule has 3 aromatic rings. The van der Waals surface area contributed by atoms with Crippen LogP contribution in [0.5, 0.6) is 11.5 Å². The maximum Gasteiger partial charge on any atom is 0.433 e. The van der Waals surface area contributed by atoms with Crippen molar-refractivity contribution in [1.82, 2.24) is 9.13 Å². The number of benzene rings is 2. The third-order valence-electron chi connectivity index (χ3n) is 4.04. The Labute approximate surface area is 171 Å². The fourth-order valence-corrected chi connectivity index (χ4v) is 3.01. The van der Waals surface area contributed by atoms with E-state index in [-0.39, 0.29) is 26.3 Å². The van der Waals surface area contributed by atoms with E-state index in [1.807, 2.05) is 0 Å². The van der Waals surface area contributed by atoms with E-state index in [0.717, 1.165) is 13.1 Å². The second-order valence-corrected chi connectivity index (χ2v) is 6.32. The topological polar surface area (TPSA) is 57.6 Å². The van der Waals surface area contributed by atoms with Crippen molar-refractivity contribution in [3.8, 4) is 17.2 Å². The summed E-state index contributed by atoms with van der Waals surface area (Å²) in [5, 5.41) is -1.30. The van der Waals surface area contributed by atoms with Gasteiger partial charge in [-0.1, -0.05) is 29.8 Å². The number of hydrogen-bond acceptors (Lipinski definition) is 3. The van der Waals surface area contributed by atoms with E-state index >= 15 is 0 Å². The summed E-state index contributed by atoms with van der Waals surface area (Å²) in [7, 11) is 0.750. The van der Waals surface area contributed by atoms with E-state index in [1.165, 1.54) is 12.1 Å². The quantitative estimate of drug-likeness (QED) is 0.439. The largest absolute Gasteiger partial charge is 0.468 e. The maximum absolute atomic E-state index is 14.6. The van der Waals surface area contributed by atoms with Crippen molar-refractivity contribution in [3.05, 3.63) is 91.3 Å². The van der Waals surface area contributed by atoms with Crippen molar-refractivity contribution in [2.75, 3.05) is 0 Å². The molecule has 2 aromatic carbocycles. The number of ether oxygens (including phenoxy) is 1. The van der Waals surface area contributed by atoms with Crippen LogP contribution in [-0.2, 0) is 13.2 Å². The van der Waals surface area contributed by atoms with E-state index in [2.05, 4.69) is 4.85 Å². The van der Waals surface area contributed by atoms with E-state index in [9.17, 15) is 27.2 Å². The third kappa shape index (κ3) is 3.67. The number of nitrogens with zero attached hydrogens (tertiary/aromatic N) is 3. The molecule has 0 amide bonds. The summed E-state index contributed by atoms with van der Waals surface area (Å²) in [5.41, 5.74) is -5.68. The lowest BCUT2D eigenvalue weighted by Crippen LogP contribution is -2.42. The van der Waals surface area contributed by atoms with Gasteiger partial charge in [0.05, 0.1) is 12.3 Å². The molecule has 0 unspecified atom stereocenters. The lowest BCUT2D eigenvalue weighted by Gasteiger charge is -2.17. The highest BCUT2D eigenvalue weighted by molar-refractivity contribution is 6.31. The fourth-order valence-electron chi connectivity index (χ4n) is 2.69. The van der Waals surface area contributed by atoms with Gasteiger partial charge in [0.25, 0.3) is 5.56 Å². The minimum Gasteiger partial charge on any atom is -0.468 e. The zero-order chi connectivity index (χ0) is 22.2. The van der Waals surface area contributed by atoms with Gasteiger partial charge in [0, 0.05) is 7.05 Å². The highest BCUT2D eigenvalue weighted by Gasteiger charge is 2.39. The zero-order valence-corrected chi connectivity index (χ0v) is 15.8. The van der Waals surface area contributed by atoms with Crippen LogP contribution in [0.3, 0.4) is 0 Å². The summed E-state index contributed by atoms with van der Waals surface area (Å²) in [5.74, 6) is -1.14. The van der Waals surface area contributed by atoms with Crippen LogP contribution in [0.15, 0.2) is 52.1 Å². The van der Waals surface area contributed by atoms with Crippen molar-refractivity contribution in [1.29, 1.82) is 0 Å². The third-order valence-corrected chi connectivity index (χ3v) is 4.38. The van der Waals surface area contributed by atoms with Gasteiger partial charge in [-0.2, -0.15) is 13.2 Å². The molecule has 30 heavy (non-hydrogen) atoms. The van der Waals surface area contributed by atoms with Gasteiger partial charge in [0.1, 0.15) is 22.3 Å². The Bertz CT molecular complexity index is 1250. The maximum atomic E-state index is 14.6. The standard InChI is InChI=1S/C19H10ClF4N3O3/c1-25-12-8-11(21)13(9-14(12)30-10-6-4-3-5-7-10)27-17(28)15(20)16(19(22,23)24)26(2)18(27)29/h3-9H,2H3. The normalized spacial score (nSPS) is 11.2. The Morgan fingerprint density at radius 3 is 2.33 bits per heavy atom. The Morgan fingerprint density at radius 1 is 1.13 bits per heavy atom. The molecule has 0 saturated heterocycles. The average Bonchev–Trinajstić information content (AvgIpc) is 2.68. The van der Waals surface area contributed by atoms with Gasteiger partial charge >= 0.3 is 11.9 Å². The SMILES string of the molecule is [C-]#[N+]c1cc(F)c(-n2c(=O)c(Cl)c(C(F)(F)F)n(C)c2=O)cc1Oc1ccccc1. The second-order valence-electron chi connectivity index (χ2n) is 5.94. The van der Waals surface area contributed by atoms with Crippen molar-refractivity contribution in [3.63, 3.8) is 0 Å². The van der Waals surface area contributed by atoms with E-state index in [0.29, 0.717) is 6.07 Å². The molecule has 1 heterocycles. The summed E-state index contributed by atoms with van der Waals surface area (Å²) in [6.07, 6.45) is -5.09. The summed E-state index contributed by atoms with van der Waals surface area (Å²) < 4.78 is 59.9. The number of hydrogen-bond donors (Lipinski definition) is 0. The first-order valence-corrected chi connectivity index (χ1v) is 8.47. The first-order valence-electron chi connectivity index (χ1n) is 8.09. The number of rotatable bonds is 3. The monoisotopic (exact) mass is 439 g/mol. The van der Waals surface area contributed by atoms with Crippen LogP contribution in [0.4, 0.5) is 23.2 Å². The smallest absolute Gasteiger partial charge is 0.433 e. The molecular formula is C19H10ClF4N3O3. The van der Waals surface area contributed by atoms with Crippen LogP contribution < -0.4 is 16.0 Å². The van der Waals surface area contributed by atoms with Crippen LogP contribution in [0.2, 0.25) is 5.02 Å². The van der Waals surface area contributed by atoms with Gasteiger partial charge in [-0.15, -0.1) is 0 Å². The molecule has 0 N–H and O–H groups in total. The lowest BCUT2D eigenvalue weighted by atomic mass is 10.2. The summed E-state index contributed by atoms with van der Waals surface area (Å²) in [6, 6.07) is 9.63. The van der Waals surface area contributed by atoms with Gasteiger partial charge in [-0.25, -0.2) is 18.6 Å². The lowest BCUT2D eigenvalue weighted by molar-refractivity contribution is -0.143. The molecule has 0 spiro atoms. The van der Waals surface area contributed by atoms with Gasteiger partial charge in [-0.05, 0) is 24.3 Å². The molecule has 0 saturated carbocycles. The number of halogens is 5. The van der Waals surface area contributed by atoms with Gasteiger partial charge < -0.3 is 4.74 Å². The van der Waals surface area contributed by atoms with Crippen molar-refractivity contribution in [2.45, 2.75) is 6.18 Å². The molecule has 3 rings (SSSR count). The minimum absolute atomic E-state index is 0.101. The van der Waals surface area contributed by atoms with E-state index < -0.39 is 39.6 Å². The predicted molar refractivity (Wildman–Crippen MR) is 100 cm³/mol. The number of alkyl halides is 3. The molecule has 0 aliphatic carbocycles.